The summed E-state index contributed by atoms with van der Waals surface area (Å²) in [4.78, 5) is 10.4. The number of carbonyl (C=O) groups excluding carboxylic acids is 1. The molecule has 0 radical (unpaired) electrons. The van der Waals surface area contributed by atoms with Crippen LogP contribution < -0.4 is 5.73 Å². The molecule has 1 unspecified atom stereocenters. The summed E-state index contributed by atoms with van der Waals surface area (Å²) in [5, 5.41) is 18.9. The van der Waals surface area contributed by atoms with Crippen LogP contribution in [0.2, 0.25) is 0 Å². The molecule has 2 atom stereocenters. The third-order valence-electron chi connectivity index (χ3n) is 2.15. The van der Waals surface area contributed by atoms with Gasteiger partial charge in [-0.2, -0.15) is 0 Å². The highest BCUT2D eigenvalue weighted by Gasteiger charge is 2.29. The van der Waals surface area contributed by atoms with E-state index in [1.165, 1.54) is 31.2 Å². The maximum Gasteiger partial charge on any atom is 0.165 e. The summed E-state index contributed by atoms with van der Waals surface area (Å²) in [6.07, 6.45) is -0.383. The lowest BCUT2D eigenvalue weighted by atomic mass is 9.98. The molecule has 0 saturated carbocycles. The third kappa shape index (κ3) is 1.98. The molecule has 4 heteroatoms. The Morgan fingerprint density at radius 2 is 1.93 bits per heavy atom. The molecule has 0 heterocycles. The van der Waals surface area contributed by atoms with Crippen LogP contribution in [-0.4, -0.2) is 22.6 Å². The molecule has 0 aliphatic heterocycles. The molecular weight excluding hydrogens is 182 g/mol. The number of benzene rings is 1. The van der Waals surface area contributed by atoms with Crippen molar-refractivity contribution in [2.45, 2.75) is 18.8 Å². The van der Waals surface area contributed by atoms with Crippen molar-refractivity contribution in [3.05, 3.63) is 35.4 Å². The molecule has 0 fully saturated rings. The maximum atomic E-state index is 10.4. The molecule has 0 aliphatic rings. The number of aliphatic hydroxyl groups is 2. The highest BCUT2D eigenvalue weighted by atomic mass is 16.4. The van der Waals surface area contributed by atoms with Gasteiger partial charge in [-0.1, -0.05) is 24.3 Å². The Kier molecular flexibility index (Phi) is 3.00. The molecule has 4 N–H and O–H groups in total. The summed E-state index contributed by atoms with van der Waals surface area (Å²) < 4.78 is 0. The van der Waals surface area contributed by atoms with Gasteiger partial charge in [-0.3, -0.25) is 10.5 Å². The summed E-state index contributed by atoms with van der Waals surface area (Å²) in [6, 6.07) is 6.08. The molecule has 1 aromatic rings. The summed E-state index contributed by atoms with van der Waals surface area (Å²) >= 11 is 0. The van der Waals surface area contributed by atoms with Crippen molar-refractivity contribution in [1.29, 1.82) is 0 Å². The zero-order valence-electron chi connectivity index (χ0n) is 7.84. The molecule has 1 rings (SSSR count). The summed E-state index contributed by atoms with van der Waals surface area (Å²) in [6.45, 7) is 1.40. The highest BCUT2D eigenvalue weighted by Crippen LogP contribution is 2.19. The summed E-state index contributed by atoms with van der Waals surface area (Å²) in [5.41, 5.74) is 4.58. The molecule has 0 amide bonds. The molecule has 0 spiro atoms. The van der Waals surface area contributed by atoms with E-state index in [0.717, 1.165) is 0 Å². The van der Waals surface area contributed by atoms with Crippen molar-refractivity contribution in [1.82, 2.24) is 0 Å². The summed E-state index contributed by atoms with van der Waals surface area (Å²) in [7, 11) is 0. The predicted octanol–water partition coefficient (Wildman–Crippen LogP) is -0.0163. The smallest absolute Gasteiger partial charge is 0.165 e. The van der Waals surface area contributed by atoms with Gasteiger partial charge < -0.3 is 10.2 Å². The van der Waals surface area contributed by atoms with E-state index in [-0.39, 0.29) is 0 Å². The van der Waals surface area contributed by atoms with E-state index in [2.05, 4.69) is 0 Å². The van der Waals surface area contributed by atoms with Gasteiger partial charge in [0.2, 0.25) is 0 Å². The minimum atomic E-state index is -1.78. The first-order valence-corrected chi connectivity index (χ1v) is 4.23. The van der Waals surface area contributed by atoms with Gasteiger partial charge in [0.15, 0.2) is 5.72 Å². The molecule has 4 nitrogen and oxygen atoms in total. The minimum Gasteiger partial charge on any atom is -0.389 e. The van der Waals surface area contributed by atoms with E-state index >= 15 is 0 Å². The number of hydrogen-bond acceptors (Lipinski definition) is 4. The molecule has 1 aromatic carbocycles. The van der Waals surface area contributed by atoms with E-state index < -0.39 is 11.8 Å². The highest BCUT2D eigenvalue weighted by molar-refractivity contribution is 5.74. The zero-order chi connectivity index (χ0) is 10.8. The van der Waals surface area contributed by atoms with E-state index in [1.807, 2.05) is 0 Å². The summed E-state index contributed by atoms with van der Waals surface area (Å²) in [5.74, 6) is 0. The standard InChI is InChI=1S/C10H13NO3/c1-7(13)10(11,14)9-4-2-8(6-12)3-5-9/h2-7,13-14H,11H2,1H3/t7?,10-/m0/s1. The van der Waals surface area contributed by atoms with Crippen LogP contribution in [0.1, 0.15) is 22.8 Å². The van der Waals surface area contributed by atoms with Crippen LogP contribution in [0.4, 0.5) is 0 Å². The van der Waals surface area contributed by atoms with Gasteiger partial charge in [0.05, 0.1) is 6.10 Å². The molecule has 76 valence electrons. The number of carbonyl (C=O) groups is 1. The third-order valence-corrected chi connectivity index (χ3v) is 2.15. The van der Waals surface area contributed by atoms with E-state index in [0.29, 0.717) is 17.4 Å². The van der Waals surface area contributed by atoms with Crippen LogP contribution in [0, 0.1) is 0 Å². The SMILES string of the molecule is CC(O)[C@](N)(O)c1ccc(C=O)cc1. The van der Waals surface area contributed by atoms with Crippen LogP contribution >= 0.6 is 0 Å². The van der Waals surface area contributed by atoms with Crippen molar-refractivity contribution >= 4 is 6.29 Å². The first-order valence-electron chi connectivity index (χ1n) is 4.23. The van der Waals surface area contributed by atoms with Crippen LogP contribution in [-0.2, 0) is 5.72 Å². The number of hydrogen-bond donors (Lipinski definition) is 3. The first-order chi connectivity index (χ1) is 6.48. The van der Waals surface area contributed by atoms with E-state index in [1.54, 1.807) is 0 Å². The number of nitrogens with two attached hydrogens (primary N) is 1. The average molecular weight is 195 g/mol. The van der Waals surface area contributed by atoms with Gasteiger partial charge in [-0.05, 0) is 6.92 Å². The van der Waals surface area contributed by atoms with E-state index in [9.17, 15) is 15.0 Å². The number of aliphatic hydroxyl groups excluding tert-OH is 1. The fourth-order valence-corrected chi connectivity index (χ4v) is 1.07. The minimum absolute atomic E-state index is 0.373. The molecule has 0 saturated heterocycles. The lowest BCUT2D eigenvalue weighted by Gasteiger charge is -2.26. The first kappa shape index (κ1) is 10.8. The van der Waals surface area contributed by atoms with Crippen LogP contribution in [0.5, 0.6) is 0 Å². The Bertz CT molecular complexity index is 317. The van der Waals surface area contributed by atoms with Crippen LogP contribution in [0.15, 0.2) is 24.3 Å². The van der Waals surface area contributed by atoms with Gasteiger partial charge in [-0.25, -0.2) is 0 Å². The second-order valence-electron chi connectivity index (χ2n) is 3.24. The topological polar surface area (TPSA) is 83.6 Å². The van der Waals surface area contributed by atoms with E-state index in [4.69, 9.17) is 5.73 Å². The van der Waals surface area contributed by atoms with Crippen molar-refractivity contribution in [2.75, 3.05) is 0 Å². The average Bonchev–Trinajstić information content (AvgIpc) is 2.17. The largest absolute Gasteiger partial charge is 0.389 e. The lowest BCUT2D eigenvalue weighted by molar-refractivity contribution is -0.0669. The van der Waals surface area contributed by atoms with Gasteiger partial charge in [0, 0.05) is 11.1 Å². The maximum absolute atomic E-state index is 10.4. The van der Waals surface area contributed by atoms with Gasteiger partial charge in [0.25, 0.3) is 0 Å². The number of aldehydes is 1. The van der Waals surface area contributed by atoms with Crippen molar-refractivity contribution < 1.29 is 15.0 Å². The second-order valence-corrected chi connectivity index (χ2v) is 3.24. The number of rotatable bonds is 3. The Balaban J connectivity index is 3.02. The second kappa shape index (κ2) is 3.88. The van der Waals surface area contributed by atoms with Gasteiger partial charge >= 0.3 is 0 Å². The Morgan fingerprint density at radius 3 is 2.29 bits per heavy atom. The lowest BCUT2D eigenvalue weighted by Crippen LogP contribution is -2.46. The monoisotopic (exact) mass is 195 g/mol. The molecular formula is C10H13NO3. The normalized spacial score (nSPS) is 17.1. The van der Waals surface area contributed by atoms with Crippen LogP contribution in [0.25, 0.3) is 0 Å². The molecule has 0 aliphatic carbocycles. The molecule has 0 bridgehead atoms. The Morgan fingerprint density at radius 1 is 1.43 bits per heavy atom. The quantitative estimate of drug-likeness (QED) is 0.467. The van der Waals surface area contributed by atoms with Crippen molar-refractivity contribution in [2.24, 2.45) is 5.73 Å². The fraction of sp³-hybridized carbons (Fsp3) is 0.300. The zero-order valence-corrected chi connectivity index (χ0v) is 7.84. The van der Waals surface area contributed by atoms with Crippen molar-refractivity contribution in [3.63, 3.8) is 0 Å². The Labute approximate surface area is 82.0 Å². The van der Waals surface area contributed by atoms with Crippen molar-refractivity contribution in [3.8, 4) is 0 Å². The van der Waals surface area contributed by atoms with Crippen LogP contribution in [0.3, 0.4) is 0 Å². The van der Waals surface area contributed by atoms with Gasteiger partial charge in [0.1, 0.15) is 6.29 Å². The molecule has 0 aromatic heterocycles. The van der Waals surface area contributed by atoms with Gasteiger partial charge in [-0.15, -0.1) is 0 Å². The molecule has 14 heavy (non-hydrogen) atoms. The Hall–Kier alpha value is -1.23. The fourth-order valence-electron chi connectivity index (χ4n) is 1.07. The predicted molar refractivity (Wildman–Crippen MR) is 51.6 cm³/mol.